The molecule has 6 nitrogen and oxygen atoms in total. The van der Waals surface area contributed by atoms with Crippen LogP contribution in [0.25, 0.3) is 0 Å². The van der Waals surface area contributed by atoms with Gasteiger partial charge in [0.05, 0.1) is 13.2 Å². The molecular weight excluding hydrogens is 306 g/mol. The van der Waals surface area contributed by atoms with E-state index in [0.717, 1.165) is 11.1 Å². The molecule has 0 spiro atoms. The van der Waals surface area contributed by atoms with Crippen LogP contribution in [0.15, 0.2) is 48.5 Å². The number of amides is 2. The van der Waals surface area contributed by atoms with E-state index in [1.54, 1.807) is 31.4 Å². The van der Waals surface area contributed by atoms with Crippen LogP contribution in [0.1, 0.15) is 27.5 Å². The Balaban J connectivity index is 1.76. The summed E-state index contributed by atoms with van der Waals surface area (Å²) >= 11 is 0. The highest BCUT2D eigenvalue weighted by Crippen LogP contribution is 2.21. The maximum atomic E-state index is 12.4. The van der Waals surface area contributed by atoms with Crippen molar-refractivity contribution in [2.24, 2.45) is 0 Å². The van der Waals surface area contributed by atoms with Gasteiger partial charge in [0, 0.05) is 5.56 Å². The first-order valence-electron chi connectivity index (χ1n) is 7.65. The molecule has 0 radical (unpaired) electrons. The molecule has 1 fully saturated rings. The van der Waals surface area contributed by atoms with E-state index in [1.165, 1.54) is 0 Å². The van der Waals surface area contributed by atoms with Gasteiger partial charge in [0.2, 0.25) is 0 Å². The quantitative estimate of drug-likeness (QED) is 0.795. The molecule has 0 aliphatic carbocycles. The second-order valence-electron chi connectivity index (χ2n) is 5.70. The van der Waals surface area contributed by atoms with Crippen LogP contribution in [0.5, 0.6) is 5.75 Å². The zero-order valence-electron chi connectivity index (χ0n) is 13.5. The monoisotopic (exact) mass is 325 g/mol. The second kappa shape index (κ2) is 6.72. The molecule has 1 heterocycles. The van der Waals surface area contributed by atoms with Crippen molar-refractivity contribution < 1.29 is 14.3 Å². The number of rotatable bonds is 4. The number of hydrogen-bond donors (Lipinski definition) is 3. The van der Waals surface area contributed by atoms with E-state index in [2.05, 4.69) is 16.2 Å². The number of carbonyl (C=O) groups is 2. The largest absolute Gasteiger partial charge is 0.497 e. The zero-order chi connectivity index (χ0) is 17.1. The fraction of sp³-hybridized carbons (Fsp3) is 0.222. The lowest BCUT2D eigenvalue weighted by molar-refractivity contribution is -0.121. The average molecular weight is 325 g/mol. The summed E-state index contributed by atoms with van der Waals surface area (Å²) in [5, 5.41) is 2.79. The highest BCUT2D eigenvalue weighted by Gasteiger charge is 2.36. The number of nitrogens with one attached hydrogen (secondary N) is 3. The van der Waals surface area contributed by atoms with Gasteiger partial charge in [0.1, 0.15) is 11.8 Å². The molecule has 1 saturated heterocycles. The molecule has 2 atom stereocenters. The molecule has 1 aliphatic heterocycles. The lowest BCUT2D eigenvalue weighted by Crippen LogP contribution is -2.42. The highest BCUT2D eigenvalue weighted by molar-refractivity contribution is 5.98. The van der Waals surface area contributed by atoms with Crippen molar-refractivity contribution in [3.63, 3.8) is 0 Å². The Bertz CT molecular complexity index is 741. The normalized spacial score (nSPS) is 19.7. The smallest absolute Gasteiger partial charge is 0.258 e. The third-order valence-electron chi connectivity index (χ3n) is 4.04. The van der Waals surface area contributed by atoms with Crippen molar-refractivity contribution in [2.45, 2.75) is 19.0 Å². The van der Waals surface area contributed by atoms with Crippen molar-refractivity contribution >= 4 is 11.8 Å². The highest BCUT2D eigenvalue weighted by atomic mass is 16.5. The fourth-order valence-corrected chi connectivity index (χ4v) is 2.63. The van der Waals surface area contributed by atoms with Crippen molar-refractivity contribution in [2.75, 3.05) is 7.11 Å². The Labute approximate surface area is 140 Å². The van der Waals surface area contributed by atoms with Crippen LogP contribution < -0.4 is 20.9 Å². The van der Waals surface area contributed by atoms with E-state index >= 15 is 0 Å². The third-order valence-corrected chi connectivity index (χ3v) is 4.04. The van der Waals surface area contributed by atoms with Crippen LogP contribution >= 0.6 is 0 Å². The molecule has 24 heavy (non-hydrogen) atoms. The second-order valence-corrected chi connectivity index (χ2v) is 5.70. The Morgan fingerprint density at radius 2 is 1.75 bits per heavy atom. The number of hydrazine groups is 1. The zero-order valence-corrected chi connectivity index (χ0v) is 13.5. The van der Waals surface area contributed by atoms with Gasteiger partial charge in [-0.15, -0.1) is 0 Å². The molecule has 6 heteroatoms. The minimum absolute atomic E-state index is 0.262. The number of hydrogen-bond acceptors (Lipinski definition) is 4. The first kappa shape index (κ1) is 16.0. The molecule has 3 N–H and O–H groups in total. The van der Waals surface area contributed by atoms with Crippen molar-refractivity contribution in [3.8, 4) is 5.75 Å². The standard InChI is InChI=1S/C18H19N3O3/c1-11-3-5-12(6-4-11)15-16(18(23)21-20-15)19-17(22)13-7-9-14(24-2)10-8-13/h3-10,15-16,20H,1-2H3,(H,19,22)(H,21,23)/t15-,16+/m1/s1. The van der Waals surface area contributed by atoms with Gasteiger partial charge in [-0.05, 0) is 36.8 Å². The number of carbonyl (C=O) groups excluding carboxylic acids is 2. The fourth-order valence-electron chi connectivity index (χ4n) is 2.63. The molecule has 0 saturated carbocycles. The summed E-state index contributed by atoms with van der Waals surface area (Å²) in [6.45, 7) is 2.00. The number of aryl methyl sites for hydroxylation is 1. The molecule has 0 aromatic heterocycles. The Hall–Kier alpha value is -2.86. The van der Waals surface area contributed by atoms with Crippen molar-refractivity contribution in [1.82, 2.24) is 16.2 Å². The van der Waals surface area contributed by atoms with Crippen LogP contribution in [0.4, 0.5) is 0 Å². The summed E-state index contributed by atoms with van der Waals surface area (Å²) in [5.74, 6) is 0.102. The topological polar surface area (TPSA) is 79.5 Å². The van der Waals surface area contributed by atoms with Gasteiger partial charge in [0.15, 0.2) is 0 Å². The summed E-state index contributed by atoms with van der Waals surface area (Å²) in [4.78, 5) is 24.5. The third kappa shape index (κ3) is 3.23. The molecule has 0 unspecified atom stereocenters. The molecule has 3 rings (SSSR count). The van der Waals surface area contributed by atoms with Crippen LogP contribution in [-0.4, -0.2) is 25.0 Å². The Morgan fingerprint density at radius 1 is 1.08 bits per heavy atom. The molecule has 2 aromatic rings. The molecule has 124 valence electrons. The van der Waals surface area contributed by atoms with Crippen LogP contribution in [-0.2, 0) is 4.79 Å². The van der Waals surface area contributed by atoms with Crippen LogP contribution in [0, 0.1) is 6.92 Å². The number of ether oxygens (including phenoxy) is 1. The maximum absolute atomic E-state index is 12.4. The minimum Gasteiger partial charge on any atom is -0.497 e. The van der Waals surface area contributed by atoms with E-state index in [-0.39, 0.29) is 17.9 Å². The molecular formula is C18H19N3O3. The summed E-state index contributed by atoms with van der Waals surface area (Å²) in [6.07, 6.45) is 0. The average Bonchev–Trinajstić information content (AvgIpc) is 2.96. The van der Waals surface area contributed by atoms with E-state index in [9.17, 15) is 9.59 Å². The van der Waals surface area contributed by atoms with E-state index in [1.807, 2.05) is 31.2 Å². The molecule has 2 amide bonds. The number of methoxy groups -OCH3 is 1. The predicted octanol–water partition coefficient (Wildman–Crippen LogP) is 1.48. The van der Waals surface area contributed by atoms with Crippen molar-refractivity contribution in [3.05, 3.63) is 65.2 Å². The molecule has 2 aromatic carbocycles. The Morgan fingerprint density at radius 3 is 2.38 bits per heavy atom. The van der Waals surface area contributed by atoms with Gasteiger partial charge in [-0.1, -0.05) is 29.8 Å². The lowest BCUT2D eigenvalue weighted by Gasteiger charge is -2.18. The van der Waals surface area contributed by atoms with Gasteiger partial charge in [-0.2, -0.15) is 0 Å². The van der Waals surface area contributed by atoms with Gasteiger partial charge in [-0.25, -0.2) is 5.43 Å². The lowest BCUT2D eigenvalue weighted by atomic mass is 9.99. The van der Waals surface area contributed by atoms with Gasteiger partial charge in [0.25, 0.3) is 11.8 Å². The van der Waals surface area contributed by atoms with Gasteiger partial charge >= 0.3 is 0 Å². The van der Waals surface area contributed by atoms with Crippen LogP contribution in [0.2, 0.25) is 0 Å². The van der Waals surface area contributed by atoms with Gasteiger partial charge < -0.3 is 10.1 Å². The number of benzene rings is 2. The SMILES string of the molecule is COc1ccc(C(=O)N[C@@H]2C(=O)NN[C@@H]2c2ccc(C)cc2)cc1. The summed E-state index contributed by atoms with van der Waals surface area (Å²) in [6, 6.07) is 13.6. The maximum Gasteiger partial charge on any atom is 0.258 e. The summed E-state index contributed by atoms with van der Waals surface area (Å²) in [7, 11) is 1.57. The summed E-state index contributed by atoms with van der Waals surface area (Å²) < 4.78 is 5.08. The summed E-state index contributed by atoms with van der Waals surface area (Å²) in [5.41, 5.74) is 8.05. The van der Waals surface area contributed by atoms with E-state index in [4.69, 9.17) is 4.74 Å². The van der Waals surface area contributed by atoms with Gasteiger partial charge in [-0.3, -0.25) is 15.0 Å². The predicted molar refractivity (Wildman–Crippen MR) is 89.4 cm³/mol. The first-order valence-corrected chi connectivity index (χ1v) is 7.65. The van der Waals surface area contributed by atoms with E-state index < -0.39 is 6.04 Å². The molecule has 0 bridgehead atoms. The minimum atomic E-state index is -0.678. The first-order chi connectivity index (χ1) is 11.6. The van der Waals surface area contributed by atoms with Crippen molar-refractivity contribution in [1.29, 1.82) is 0 Å². The van der Waals surface area contributed by atoms with Crippen LogP contribution in [0.3, 0.4) is 0 Å². The van der Waals surface area contributed by atoms with E-state index in [0.29, 0.717) is 11.3 Å². The molecule has 1 aliphatic rings. The Kier molecular flexibility index (Phi) is 4.48.